The summed E-state index contributed by atoms with van der Waals surface area (Å²) in [6.07, 6.45) is 0. The lowest BCUT2D eigenvalue weighted by Gasteiger charge is -2.19. The van der Waals surface area contributed by atoms with Gasteiger partial charge in [0.2, 0.25) is 0 Å². The van der Waals surface area contributed by atoms with Crippen molar-refractivity contribution in [3.05, 3.63) is 12.1 Å². The Morgan fingerprint density at radius 3 is 1.64 bits per heavy atom. The van der Waals surface area contributed by atoms with Crippen LogP contribution in [0.15, 0.2) is 12.1 Å². The molecule has 4 nitrogen and oxygen atoms in total. The van der Waals surface area contributed by atoms with E-state index in [1.807, 2.05) is 13.8 Å². The highest BCUT2D eigenvalue weighted by Crippen LogP contribution is 2.35. The number of nitrogen functional groups attached to an aromatic ring is 2. The first-order valence-corrected chi connectivity index (χ1v) is 4.72. The Hall–Kier alpha value is -1.58. The molecule has 0 saturated heterocycles. The monoisotopic (exact) mass is 196 g/mol. The van der Waals surface area contributed by atoms with Crippen LogP contribution in [0.5, 0.6) is 11.5 Å². The van der Waals surface area contributed by atoms with E-state index < -0.39 is 0 Å². The van der Waals surface area contributed by atoms with E-state index in [1.165, 1.54) is 0 Å². The number of hydrogen-bond donors (Lipinski definition) is 2. The summed E-state index contributed by atoms with van der Waals surface area (Å²) < 4.78 is 10.6. The third-order valence-corrected chi connectivity index (χ3v) is 1.75. The summed E-state index contributed by atoms with van der Waals surface area (Å²) in [7, 11) is 0. The van der Waals surface area contributed by atoms with Crippen molar-refractivity contribution in [2.24, 2.45) is 0 Å². The fourth-order valence-corrected chi connectivity index (χ4v) is 1.12. The molecule has 0 aromatic heterocycles. The van der Waals surface area contributed by atoms with Gasteiger partial charge < -0.3 is 20.9 Å². The first kappa shape index (κ1) is 10.5. The topological polar surface area (TPSA) is 70.5 Å². The molecule has 0 bridgehead atoms. The van der Waals surface area contributed by atoms with E-state index in [4.69, 9.17) is 20.9 Å². The van der Waals surface area contributed by atoms with Gasteiger partial charge in [0.05, 0.1) is 11.4 Å². The van der Waals surface area contributed by atoms with E-state index in [9.17, 15) is 0 Å². The van der Waals surface area contributed by atoms with Crippen LogP contribution in [-0.4, -0.2) is 13.2 Å². The Balaban J connectivity index is 0.000000461. The Kier molecular flexibility index (Phi) is 3.45. The van der Waals surface area contributed by atoms with E-state index in [0.29, 0.717) is 36.1 Å². The smallest absolute Gasteiger partial charge is 0.163 e. The van der Waals surface area contributed by atoms with E-state index in [0.717, 1.165) is 0 Å². The predicted octanol–water partition coefficient (Wildman–Crippen LogP) is 1.65. The number of benzene rings is 1. The molecule has 14 heavy (non-hydrogen) atoms. The zero-order valence-corrected chi connectivity index (χ0v) is 8.54. The van der Waals surface area contributed by atoms with E-state index in [1.54, 1.807) is 12.1 Å². The Bertz CT molecular complexity index is 282. The van der Waals surface area contributed by atoms with Crippen LogP contribution in [0, 0.1) is 0 Å². The second kappa shape index (κ2) is 4.60. The maximum atomic E-state index is 5.58. The average Bonchev–Trinajstić information content (AvgIpc) is 2.23. The summed E-state index contributed by atoms with van der Waals surface area (Å²) in [5.74, 6) is 1.35. The number of fused-ring (bicyclic) bond motifs is 1. The van der Waals surface area contributed by atoms with Gasteiger partial charge in [-0.05, 0) is 0 Å². The lowest BCUT2D eigenvalue weighted by Crippen LogP contribution is -2.15. The normalized spacial score (nSPS) is 12.7. The molecule has 1 aromatic carbocycles. The van der Waals surface area contributed by atoms with Crippen LogP contribution < -0.4 is 20.9 Å². The van der Waals surface area contributed by atoms with Gasteiger partial charge >= 0.3 is 0 Å². The summed E-state index contributed by atoms with van der Waals surface area (Å²) >= 11 is 0. The van der Waals surface area contributed by atoms with Crippen LogP contribution in [0.1, 0.15) is 13.8 Å². The van der Waals surface area contributed by atoms with Crippen molar-refractivity contribution in [1.29, 1.82) is 0 Å². The Morgan fingerprint density at radius 2 is 1.29 bits per heavy atom. The third kappa shape index (κ3) is 2.02. The molecule has 1 aromatic rings. The molecule has 0 aliphatic carbocycles. The van der Waals surface area contributed by atoms with Crippen molar-refractivity contribution >= 4 is 11.4 Å². The molecule has 0 spiro atoms. The number of nitrogens with two attached hydrogens (primary N) is 2. The maximum Gasteiger partial charge on any atom is 0.163 e. The number of ether oxygens (including phenoxy) is 2. The maximum absolute atomic E-state index is 5.58. The van der Waals surface area contributed by atoms with Crippen LogP contribution in [0.4, 0.5) is 11.4 Å². The molecule has 0 radical (unpaired) electrons. The fraction of sp³-hybridized carbons (Fsp3) is 0.400. The minimum Gasteiger partial charge on any atom is -0.486 e. The van der Waals surface area contributed by atoms with Crippen molar-refractivity contribution < 1.29 is 9.47 Å². The zero-order valence-electron chi connectivity index (χ0n) is 8.54. The van der Waals surface area contributed by atoms with E-state index in [2.05, 4.69) is 0 Å². The predicted molar refractivity (Wildman–Crippen MR) is 57.6 cm³/mol. The average molecular weight is 196 g/mol. The Morgan fingerprint density at radius 1 is 0.929 bits per heavy atom. The van der Waals surface area contributed by atoms with Crippen molar-refractivity contribution in [3.8, 4) is 11.5 Å². The zero-order chi connectivity index (χ0) is 10.6. The first-order chi connectivity index (χ1) is 6.77. The molecule has 1 aliphatic rings. The van der Waals surface area contributed by atoms with Crippen LogP contribution in [0.3, 0.4) is 0 Å². The van der Waals surface area contributed by atoms with Gasteiger partial charge in [0.1, 0.15) is 13.2 Å². The molecule has 0 saturated carbocycles. The SMILES string of the molecule is CC.Nc1cc2c(cc1N)OCCO2. The lowest BCUT2D eigenvalue weighted by atomic mass is 10.2. The molecule has 78 valence electrons. The quantitative estimate of drug-likeness (QED) is 0.619. The number of rotatable bonds is 0. The molecule has 4 N–H and O–H groups in total. The van der Waals surface area contributed by atoms with Gasteiger partial charge in [0.25, 0.3) is 0 Å². The second-order valence-corrected chi connectivity index (χ2v) is 2.62. The van der Waals surface area contributed by atoms with Gasteiger partial charge in [-0.2, -0.15) is 0 Å². The Labute approximate surface area is 83.8 Å². The summed E-state index contributed by atoms with van der Waals surface area (Å²) in [6.45, 7) is 5.13. The van der Waals surface area contributed by atoms with Crippen LogP contribution in [-0.2, 0) is 0 Å². The van der Waals surface area contributed by atoms with Gasteiger partial charge in [-0.15, -0.1) is 0 Å². The van der Waals surface area contributed by atoms with Gasteiger partial charge in [-0.1, -0.05) is 13.8 Å². The number of anilines is 2. The van der Waals surface area contributed by atoms with Gasteiger partial charge in [0.15, 0.2) is 11.5 Å². The first-order valence-electron chi connectivity index (χ1n) is 4.72. The van der Waals surface area contributed by atoms with Crippen molar-refractivity contribution in [2.75, 3.05) is 24.7 Å². The van der Waals surface area contributed by atoms with Gasteiger partial charge in [0, 0.05) is 12.1 Å². The minimum atomic E-state index is 0.527. The molecule has 0 atom stereocenters. The molecule has 0 unspecified atom stereocenters. The molecule has 1 heterocycles. The standard InChI is InChI=1S/C8H10N2O2.C2H6/c9-5-3-7-8(4-6(5)10)12-2-1-11-7;1-2/h3-4H,1-2,9-10H2;1-2H3. The van der Waals surface area contributed by atoms with E-state index >= 15 is 0 Å². The van der Waals surface area contributed by atoms with E-state index in [-0.39, 0.29) is 0 Å². The summed E-state index contributed by atoms with van der Waals surface area (Å²) in [5.41, 5.74) is 12.2. The number of hydrogen-bond acceptors (Lipinski definition) is 4. The van der Waals surface area contributed by atoms with Crippen LogP contribution in [0.2, 0.25) is 0 Å². The van der Waals surface area contributed by atoms with Gasteiger partial charge in [-0.3, -0.25) is 0 Å². The van der Waals surface area contributed by atoms with Crippen molar-refractivity contribution in [3.63, 3.8) is 0 Å². The molecule has 2 rings (SSSR count). The fourth-order valence-electron chi connectivity index (χ4n) is 1.12. The highest BCUT2D eigenvalue weighted by molar-refractivity contribution is 5.69. The molecule has 1 aliphatic heterocycles. The lowest BCUT2D eigenvalue weighted by molar-refractivity contribution is 0.172. The molecular weight excluding hydrogens is 180 g/mol. The highest BCUT2D eigenvalue weighted by Gasteiger charge is 2.12. The minimum absolute atomic E-state index is 0.527. The summed E-state index contributed by atoms with van der Waals surface area (Å²) in [4.78, 5) is 0. The molecular formula is C10H16N2O2. The largest absolute Gasteiger partial charge is 0.486 e. The summed E-state index contributed by atoms with van der Waals surface area (Å²) in [6, 6.07) is 3.37. The summed E-state index contributed by atoms with van der Waals surface area (Å²) in [5, 5.41) is 0. The van der Waals surface area contributed by atoms with Crippen LogP contribution in [0.25, 0.3) is 0 Å². The molecule has 0 fully saturated rings. The van der Waals surface area contributed by atoms with Gasteiger partial charge in [-0.25, -0.2) is 0 Å². The second-order valence-electron chi connectivity index (χ2n) is 2.62. The third-order valence-electron chi connectivity index (χ3n) is 1.75. The molecule has 0 amide bonds. The van der Waals surface area contributed by atoms with Crippen molar-refractivity contribution in [2.45, 2.75) is 13.8 Å². The molecule has 4 heteroatoms. The van der Waals surface area contributed by atoms with Crippen LogP contribution >= 0.6 is 0 Å². The highest BCUT2D eigenvalue weighted by atomic mass is 16.6. The van der Waals surface area contributed by atoms with Crippen molar-refractivity contribution in [1.82, 2.24) is 0 Å².